The Morgan fingerprint density at radius 1 is 1.32 bits per heavy atom. The summed E-state index contributed by atoms with van der Waals surface area (Å²) < 4.78 is 48.8. The smallest absolute Gasteiger partial charge is 0.435 e. The number of alkyl halides is 3. The number of aromatic nitrogens is 3. The Labute approximate surface area is 107 Å². The van der Waals surface area contributed by atoms with Crippen LogP contribution in [0.3, 0.4) is 0 Å². The molecule has 9 heteroatoms. The second-order valence-electron chi connectivity index (χ2n) is 3.42. The average Bonchev–Trinajstić information content (AvgIpc) is 2.73. The first-order chi connectivity index (χ1) is 8.91. The van der Waals surface area contributed by atoms with Gasteiger partial charge in [-0.25, -0.2) is 9.48 Å². The normalized spacial score (nSPS) is 11.6. The van der Waals surface area contributed by atoms with E-state index in [0.717, 1.165) is 0 Å². The van der Waals surface area contributed by atoms with Crippen LogP contribution in [0.25, 0.3) is 0 Å². The van der Waals surface area contributed by atoms with Crippen molar-refractivity contribution >= 4 is 5.97 Å². The lowest BCUT2D eigenvalue weighted by atomic mass is 10.3. The topological polar surface area (TPSA) is 66.2 Å². The number of hydrogen-bond acceptors (Lipinski definition) is 5. The van der Waals surface area contributed by atoms with E-state index in [-0.39, 0.29) is 19.8 Å². The van der Waals surface area contributed by atoms with Crippen molar-refractivity contribution in [2.45, 2.75) is 26.6 Å². The van der Waals surface area contributed by atoms with Crippen LogP contribution in [0.15, 0.2) is 0 Å². The minimum atomic E-state index is -4.74. The molecule has 0 unspecified atom stereocenters. The van der Waals surface area contributed by atoms with Crippen LogP contribution in [0.4, 0.5) is 13.2 Å². The van der Waals surface area contributed by atoms with Crippen LogP contribution in [0.5, 0.6) is 0 Å². The standard InChI is InChI=1S/C10H14F3N3O3/c1-3-18-6-5-16-8(10(11,12)13)7(14-15-16)9(17)19-4-2/h3-6H2,1-2H3. The van der Waals surface area contributed by atoms with Crippen molar-refractivity contribution in [2.75, 3.05) is 19.8 Å². The second-order valence-corrected chi connectivity index (χ2v) is 3.42. The summed E-state index contributed by atoms with van der Waals surface area (Å²) in [6.07, 6.45) is -4.74. The van der Waals surface area contributed by atoms with E-state index in [1.54, 1.807) is 6.92 Å². The molecule has 6 nitrogen and oxygen atoms in total. The van der Waals surface area contributed by atoms with Crippen LogP contribution in [0.2, 0.25) is 0 Å². The SMILES string of the molecule is CCOCCn1nnc(C(=O)OCC)c1C(F)(F)F. The van der Waals surface area contributed by atoms with E-state index in [9.17, 15) is 18.0 Å². The molecule has 0 aromatic carbocycles. The van der Waals surface area contributed by atoms with E-state index >= 15 is 0 Å². The number of hydrogen-bond donors (Lipinski definition) is 0. The Kier molecular flexibility index (Phi) is 5.28. The highest BCUT2D eigenvalue weighted by atomic mass is 19.4. The molecule has 1 aromatic rings. The molecular formula is C10H14F3N3O3. The van der Waals surface area contributed by atoms with Crippen molar-refractivity contribution in [1.29, 1.82) is 0 Å². The minimum Gasteiger partial charge on any atom is -0.461 e. The van der Waals surface area contributed by atoms with Crippen LogP contribution in [0.1, 0.15) is 30.0 Å². The highest BCUT2D eigenvalue weighted by Gasteiger charge is 2.41. The minimum absolute atomic E-state index is 0.0397. The number of carbonyl (C=O) groups is 1. The fraction of sp³-hybridized carbons (Fsp3) is 0.700. The van der Waals surface area contributed by atoms with Crippen LogP contribution < -0.4 is 0 Å². The lowest BCUT2D eigenvalue weighted by molar-refractivity contribution is -0.145. The van der Waals surface area contributed by atoms with Gasteiger partial charge in [-0.15, -0.1) is 5.10 Å². The van der Waals surface area contributed by atoms with Crippen LogP contribution in [0, 0.1) is 0 Å². The zero-order valence-corrected chi connectivity index (χ0v) is 10.5. The predicted molar refractivity (Wildman–Crippen MR) is 57.5 cm³/mol. The summed E-state index contributed by atoms with van der Waals surface area (Å²) in [5.74, 6) is -1.14. The molecule has 0 aliphatic carbocycles. The molecule has 0 spiro atoms. The van der Waals surface area contributed by atoms with Crippen molar-refractivity contribution in [3.8, 4) is 0 Å². The lowest BCUT2D eigenvalue weighted by Gasteiger charge is -2.10. The zero-order chi connectivity index (χ0) is 14.5. The molecule has 0 saturated carbocycles. The summed E-state index contributed by atoms with van der Waals surface area (Å²) >= 11 is 0. The molecule has 108 valence electrons. The monoisotopic (exact) mass is 281 g/mol. The summed E-state index contributed by atoms with van der Waals surface area (Å²) in [6, 6.07) is 0. The highest BCUT2D eigenvalue weighted by Crippen LogP contribution is 2.31. The van der Waals surface area contributed by atoms with Crippen molar-refractivity contribution in [3.05, 3.63) is 11.4 Å². The third-order valence-corrected chi connectivity index (χ3v) is 2.12. The summed E-state index contributed by atoms with van der Waals surface area (Å²) in [4.78, 5) is 11.4. The lowest BCUT2D eigenvalue weighted by Crippen LogP contribution is -2.21. The quantitative estimate of drug-likeness (QED) is 0.584. The number of ether oxygens (including phenoxy) is 2. The fourth-order valence-corrected chi connectivity index (χ4v) is 1.38. The van der Waals surface area contributed by atoms with E-state index < -0.39 is 23.5 Å². The summed E-state index contributed by atoms with van der Waals surface area (Å²) in [7, 11) is 0. The van der Waals surface area contributed by atoms with Crippen molar-refractivity contribution in [2.24, 2.45) is 0 Å². The fourth-order valence-electron chi connectivity index (χ4n) is 1.38. The zero-order valence-electron chi connectivity index (χ0n) is 10.5. The molecule has 1 heterocycles. The third-order valence-electron chi connectivity index (χ3n) is 2.12. The number of rotatable bonds is 6. The molecular weight excluding hydrogens is 267 g/mol. The van der Waals surface area contributed by atoms with E-state index in [0.29, 0.717) is 11.3 Å². The maximum Gasteiger partial charge on any atom is 0.435 e. The van der Waals surface area contributed by atoms with Crippen molar-refractivity contribution in [1.82, 2.24) is 15.0 Å². The molecule has 0 aliphatic heterocycles. The molecule has 0 saturated heterocycles. The summed E-state index contributed by atoms with van der Waals surface area (Å²) in [5.41, 5.74) is -2.04. The third kappa shape index (κ3) is 3.91. The molecule has 19 heavy (non-hydrogen) atoms. The van der Waals surface area contributed by atoms with Crippen LogP contribution >= 0.6 is 0 Å². The van der Waals surface area contributed by atoms with Gasteiger partial charge < -0.3 is 9.47 Å². The molecule has 0 radical (unpaired) electrons. The predicted octanol–water partition coefficient (Wildman–Crippen LogP) is 1.51. The van der Waals surface area contributed by atoms with Crippen molar-refractivity contribution in [3.63, 3.8) is 0 Å². The first-order valence-corrected chi connectivity index (χ1v) is 5.67. The first kappa shape index (κ1) is 15.4. The van der Waals surface area contributed by atoms with Gasteiger partial charge in [0.2, 0.25) is 5.69 Å². The van der Waals surface area contributed by atoms with E-state index in [1.807, 2.05) is 0 Å². The van der Waals surface area contributed by atoms with E-state index in [1.165, 1.54) is 6.92 Å². The van der Waals surface area contributed by atoms with Gasteiger partial charge in [-0.2, -0.15) is 13.2 Å². The van der Waals surface area contributed by atoms with Gasteiger partial charge in [0, 0.05) is 6.61 Å². The first-order valence-electron chi connectivity index (χ1n) is 5.67. The Morgan fingerprint density at radius 2 is 2.00 bits per heavy atom. The molecule has 1 aromatic heterocycles. The Morgan fingerprint density at radius 3 is 2.53 bits per heavy atom. The molecule has 0 atom stereocenters. The molecule has 0 amide bonds. The molecule has 0 bridgehead atoms. The van der Waals surface area contributed by atoms with Crippen LogP contribution in [-0.4, -0.2) is 40.8 Å². The van der Waals surface area contributed by atoms with Gasteiger partial charge in [0.15, 0.2) is 5.69 Å². The van der Waals surface area contributed by atoms with Gasteiger partial charge in [-0.05, 0) is 13.8 Å². The Hall–Kier alpha value is -1.64. The molecule has 0 N–H and O–H groups in total. The van der Waals surface area contributed by atoms with Gasteiger partial charge in [0.1, 0.15) is 0 Å². The van der Waals surface area contributed by atoms with E-state index in [4.69, 9.17) is 4.74 Å². The van der Waals surface area contributed by atoms with Gasteiger partial charge in [-0.1, -0.05) is 5.21 Å². The maximum atomic E-state index is 12.9. The maximum absolute atomic E-state index is 12.9. The highest BCUT2D eigenvalue weighted by molar-refractivity contribution is 5.88. The second kappa shape index (κ2) is 6.50. The largest absolute Gasteiger partial charge is 0.461 e. The summed E-state index contributed by atoms with van der Waals surface area (Å²) in [6.45, 7) is 3.45. The van der Waals surface area contributed by atoms with Gasteiger partial charge in [0.05, 0.1) is 19.8 Å². The Balaban J connectivity index is 3.02. The van der Waals surface area contributed by atoms with E-state index in [2.05, 4.69) is 15.0 Å². The summed E-state index contributed by atoms with van der Waals surface area (Å²) in [5, 5.41) is 6.57. The van der Waals surface area contributed by atoms with Gasteiger partial charge in [0.25, 0.3) is 0 Å². The van der Waals surface area contributed by atoms with Gasteiger partial charge >= 0.3 is 12.1 Å². The molecule has 1 rings (SSSR count). The van der Waals surface area contributed by atoms with Crippen LogP contribution in [-0.2, 0) is 22.2 Å². The van der Waals surface area contributed by atoms with Gasteiger partial charge in [-0.3, -0.25) is 0 Å². The van der Waals surface area contributed by atoms with Crippen molar-refractivity contribution < 1.29 is 27.4 Å². The number of nitrogens with zero attached hydrogens (tertiary/aromatic N) is 3. The Bertz CT molecular complexity index is 431. The molecule has 0 aliphatic rings. The number of esters is 1. The molecule has 0 fully saturated rings. The number of carbonyl (C=O) groups excluding carboxylic acids is 1. The number of halogens is 3. The average molecular weight is 281 g/mol.